The van der Waals surface area contributed by atoms with E-state index in [4.69, 9.17) is 4.74 Å². The van der Waals surface area contributed by atoms with Gasteiger partial charge in [-0.15, -0.1) is 0 Å². The molecule has 2 atom stereocenters. The fourth-order valence-electron chi connectivity index (χ4n) is 3.14. The molecule has 0 radical (unpaired) electrons. The van der Waals surface area contributed by atoms with Gasteiger partial charge in [-0.05, 0) is 36.0 Å². The summed E-state index contributed by atoms with van der Waals surface area (Å²) < 4.78 is 5.19. The lowest BCUT2D eigenvalue weighted by Crippen LogP contribution is -2.46. The molecule has 0 aromatic heterocycles. The molecule has 6 nitrogen and oxygen atoms in total. The van der Waals surface area contributed by atoms with Crippen LogP contribution in [0.4, 0.5) is 0 Å². The first-order chi connectivity index (χ1) is 14.8. The summed E-state index contributed by atoms with van der Waals surface area (Å²) in [6.45, 7) is 7.20. The second kappa shape index (κ2) is 11.9. The molecule has 2 rings (SSSR count). The van der Waals surface area contributed by atoms with E-state index in [1.54, 1.807) is 0 Å². The monoisotopic (exact) mass is 424 g/mol. The lowest BCUT2D eigenvalue weighted by Gasteiger charge is -2.21. The first kappa shape index (κ1) is 24.1. The van der Waals surface area contributed by atoms with E-state index in [9.17, 15) is 14.4 Å². The van der Waals surface area contributed by atoms with Crippen LogP contribution < -0.4 is 10.6 Å². The van der Waals surface area contributed by atoms with Crippen LogP contribution in [-0.2, 0) is 32.0 Å². The highest BCUT2D eigenvalue weighted by atomic mass is 16.5. The number of esters is 1. The van der Waals surface area contributed by atoms with Crippen LogP contribution in [0.5, 0.6) is 0 Å². The number of aryl methyl sites for hydroxylation is 1. The number of nitrogens with one attached hydrogen (secondary N) is 2. The van der Waals surface area contributed by atoms with Gasteiger partial charge in [0, 0.05) is 0 Å². The number of benzene rings is 2. The van der Waals surface area contributed by atoms with Gasteiger partial charge in [0.05, 0.1) is 12.5 Å². The molecule has 0 heterocycles. The molecule has 0 aliphatic rings. The van der Waals surface area contributed by atoms with Gasteiger partial charge in [0.25, 0.3) is 5.91 Å². The molecule has 166 valence electrons. The minimum Gasteiger partial charge on any atom is -0.454 e. The average molecular weight is 425 g/mol. The van der Waals surface area contributed by atoms with E-state index in [1.807, 2.05) is 75.4 Å². The van der Waals surface area contributed by atoms with Crippen molar-refractivity contribution in [3.05, 3.63) is 71.3 Å². The molecular formula is C25H32N2O4. The van der Waals surface area contributed by atoms with Crippen LogP contribution in [0.1, 0.15) is 50.4 Å². The van der Waals surface area contributed by atoms with Crippen molar-refractivity contribution < 1.29 is 19.1 Å². The van der Waals surface area contributed by atoms with E-state index >= 15 is 0 Å². The maximum Gasteiger partial charge on any atom is 0.329 e. The number of hydrogen-bond acceptors (Lipinski definition) is 4. The molecule has 0 saturated heterocycles. The molecular weight excluding hydrogens is 392 g/mol. The third-order valence-electron chi connectivity index (χ3n) is 5.06. The highest BCUT2D eigenvalue weighted by Gasteiger charge is 2.26. The number of carbonyl (C=O) groups is 3. The highest BCUT2D eigenvalue weighted by Crippen LogP contribution is 2.14. The van der Waals surface area contributed by atoms with Gasteiger partial charge in [-0.1, -0.05) is 75.4 Å². The summed E-state index contributed by atoms with van der Waals surface area (Å²) in [5.74, 6) is -1.45. The second-order valence-corrected chi connectivity index (χ2v) is 7.94. The molecule has 0 saturated carbocycles. The first-order valence-electron chi connectivity index (χ1n) is 10.7. The zero-order chi connectivity index (χ0) is 22.8. The Morgan fingerprint density at radius 2 is 1.48 bits per heavy atom. The quantitative estimate of drug-likeness (QED) is 0.573. The zero-order valence-electron chi connectivity index (χ0n) is 18.7. The molecule has 31 heavy (non-hydrogen) atoms. The Hall–Kier alpha value is -3.15. The maximum atomic E-state index is 12.5. The SMILES string of the molecule is CCc1ccc([C@H](C)NC(=O)COC(=O)[C@@H](NC(=O)Cc2ccccc2)C(C)C)cc1. The van der Waals surface area contributed by atoms with Crippen molar-refractivity contribution in [2.45, 2.75) is 52.6 Å². The van der Waals surface area contributed by atoms with Gasteiger partial charge < -0.3 is 15.4 Å². The van der Waals surface area contributed by atoms with Crippen molar-refractivity contribution in [2.24, 2.45) is 5.92 Å². The smallest absolute Gasteiger partial charge is 0.329 e. The van der Waals surface area contributed by atoms with Crippen molar-refractivity contribution in [3.8, 4) is 0 Å². The van der Waals surface area contributed by atoms with E-state index in [1.165, 1.54) is 5.56 Å². The number of rotatable bonds is 10. The Labute approximate surface area is 184 Å². The van der Waals surface area contributed by atoms with Gasteiger partial charge in [-0.2, -0.15) is 0 Å². The van der Waals surface area contributed by atoms with Crippen molar-refractivity contribution >= 4 is 17.8 Å². The molecule has 0 aliphatic heterocycles. The zero-order valence-corrected chi connectivity index (χ0v) is 18.7. The predicted molar refractivity (Wildman–Crippen MR) is 120 cm³/mol. The van der Waals surface area contributed by atoms with Crippen LogP contribution in [0.15, 0.2) is 54.6 Å². The molecule has 2 amide bonds. The maximum absolute atomic E-state index is 12.5. The molecule has 2 aromatic rings. The summed E-state index contributed by atoms with van der Waals surface area (Å²) >= 11 is 0. The van der Waals surface area contributed by atoms with Crippen LogP contribution in [0, 0.1) is 5.92 Å². The highest BCUT2D eigenvalue weighted by molar-refractivity contribution is 5.87. The summed E-state index contributed by atoms with van der Waals surface area (Å²) in [6, 6.07) is 16.3. The van der Waals surface area contributed by atoms with Crippen LogP contribution in [0.3, 0.4) is 0 Å². The van der Waals surface area contributed by atoms with Crippen molar-refractivity contribution in [1.29, 1.82) is 0 Å². The van der Waals surface area contributed by atoms with Crippen LogP contribution in [0.2, 0.25) is 0 Å². The summed E-state index contributed by atoms with van der Waals surface area (Å²) in [7, 11) is 0. The van der Waals surface area contributed by atoms with Gasteiger partial charge in [-0.25, -0.2) is 4.79 Å². The van der Waals surface area contributed by atoms with Crippen LogP contribution >= 0.6 is 0 Å². The lowest BCUT2D eigenvalue weighted by atomic mass is 10.0. The van der Waals surface area contributed by atoms with E-state index < -0.39 is 24.5 Å². The summed E-state index contributed by atoms with van der Waals surface area (Å²) in [4.78, 5) is 37.0. The Morgan fingerprint density at radius 3 is 2.06 bits per heavy atom. The predicted octanol–water partition coefficient (Wildman–Crippen LogP) is 3.35. The largest absolute Gasteiger partial charge is 0.454 e. The molecule has 0 fully saturated rings. The number of ether oxygens (including phenoxy) is 1. The number of amides is 2. The topological polar surface area (TPSA) is 84.5 Å². The van der Waals surface area contributed by atoms with E-state index in [0.29, 0.717) is 0 Å². The van der Waals surface area contributed by atoms with Gasteiger partial charge in [0.1, 0.15) is 6.04 Å². The Morgan fingerprint density at radius 1 is 0.839 bits per heavy atom. The fourth-order valence-corrected chi connectivity index (χ4v) is 3.14. The summed E-state index contributed by atoms with van der Waals surface area (Å²) in [5, 5.41) is 5.55. The Balaban J connectivity index is 1.84. The fraction of sp³-hybridized carbons (Fsp3) is 0.400. The third kappa shape index (κ3) is 7.89. The molecule has 0 unspecified atom stereocenters. The van der Waals surface area contributed by atoms with Crippen LogP contribution in [0.25, 0.3) is 0 Å². The molecule has 6 heteroatoms. The molecule has 0 bridgehead atoms. The normalized spacial score (nSPS) is 12.7. The van der Waals surface area contributed by atoms with E-state index in [2.05, 4.69) is 17.6 Å². The van der Waals surface area contributed by atoms with Crippen molar-refractivity contribution in [1.82, 2.24) is 10.6 Å². The minimum atomic E-state index is -0.817. The first-order valence-corrected chi connectivity index (χ1v) is 10.7. The number of carbonyl (C=O) groups excluding carboxylic acids is 3. The molecule has 2 aromatic carbocycles. The minimum absolute atomic E-state index is 0.173. The van der Waals surface area contributed by atoms with Gasteiger partial charge in [0.2, 0.25) is 5.91 Å². The molecule has 0 spiro atoms. The third-order valence-corrected chi connectivity index (χ3v) is 5.06. The molecule has 0 aliphatic carbocycles. The summed E-state index contributed by atoms with van der Waals surface area (Å²) in [5.41, 5.74) is 3.06. The Kier molecular flexibility index (Phi) is 9.25. The Bertz CT molecular complexity index is 863. The van der Waals surface area contributed by atoms with E-state index in [-0.39, 0.29) is 24.3 Å². The van der Waals surface area contributed by atoms with Crippen molar-refractivity contribution in [3.63, 3.8) is 0 Å². The molecule has 2 N–H and O–H groups in total. The van der Waals surface area contributed by atoms with Crippen LogP contribution in [-0.4, -0.2) is 30.4 Å². The summed E-state index contributed by atoms with van der Waals surface area (Å²) in [6.07, 6.45) is 1.13. The second-order valence-electron chi connectivity index (χ2n) is 7.94. The van der Waals surface area contributed by atoms with Crippen molar-refractivity contribution in [2.75, 3.05) is 6.61 Å². The van der Waals surface area contributed by atoms with Gasteiger partial charge in [-0.3, -0.25) is 9.59 Å². The van der Waals surface area contributed by atoms with E-state index in [0.717, 1.165) is 17.5 Å². The van der Waals surface area contributed by atoms with Gasteiger partial charge >= 0.3 is 5.97 Å². The standard InChI is InChI=1S/C25H32N2O4/c1-5-19-11-13-21(14-12-19)18(4)26-23(29)16-31-25(30)24(17(2)3)27-22(28)15-20-9-7-6-8-10-20/h6-14,17-18,24H,5,15-16H2,1-4H3,(H,26,29)(H,27,28)/t18-,24-/m0/s1. The van der Waals surface area contributed by atoms with Gasteiger partial charge in [0.15, 0.2) is 6.61 Å². The lowest BCUT2D eigenvalue weighted by molar-refractivity contribution is -0.152. The number of hydrogen-bond donors (Lipinski definition) is 2. The average Bonchev–Trinajstić information content (AvgIpc) is 2.76.